The zero-order chi connectivity index (χ0) is 13.8. The summed E-state index contributed by atoms with van der Waals surface area (Å²) in [6.45, 7) is -0.0166. The van der Waals surface area contributed by atoms with E-state index >= 15 is 0 Å². The van der Waals surface area contributed by atoms with Crippen LogP contribution in [0, 0.1) is 10.1 Å². The number of aromatic nitrogens is 2. The van der Waals surface area contributed by atoms with Crippen LogP contribution in [0.4, 0.5) is 10.5 Å². The van der Waals surface area contributed by atoms with Gasteiger partial charge in [0.15, 0.2) is 0 Å². The highest BCUT2D eigenvalue weighted by Crippen LogP contribution is 2.22. The van der Waals surface area contributed by atoms with Crippen molar-refractivity contribution in [2.45, 2.75) is 6.54 Å². The maximum atomic E-state index is 10.7. The molecule has 2 N–H and O–H groups in total. The second-order valence-electron chi connectivity index (χ2n) is 3.69. The number of hydrogen-bond acceptors (Lipinski definition) is 5. The summed E-state index contributed by atoms with van der Waals surface area (Å²) in [6, 6.07) is 6.05. The third-order valence-corrected chi connectivity index (χ3v) is 2.40. The Hall–Kier alpha value is -2.90. The number of imidazole rings is 1. The van der Waals surface area contributed by atoms with Crippen LogP contribution in [0.5, 0.6) is 0 Å². The van der Waals surface area contributed by atoms with E-state index in [4.69, 9.17) is 0 Å². The van der Waals surface area contributed by atoms with Gasteiger partial charge in [0.05, 0.1) is 23.4 Å². The molecule has 0 aliphatic heterocycles. The number of benzene rings is 1. The van der Waals surface area contributed by atoms with Gasteiger partial charge in [-0.25, -0.2) is 4.98 Å². The van der Waals surface area contributed by atoms with Gasteiger partial charge in [-0.15, -0.1) is 0 Å². The van der Waals surface area contributed by atoms with E-state index in [1.807, 2.05) is 0 Å². The number of amides is 1. The second kappa shape index (κ2) is 5.17. The average Bonchev–Trinajstić information content (AvgIpc) is 2.85. The molecule has 0 fully saturated rings. The Kier molecular flexibility index (Phi) is 3.42. The lowest BCUT2D eigenvalue weighted by molar-refractivity contribution is -0.384. The Morgan fingerprint density at radius 1 is 1.47 bits per heavy atom. The van der Waals surface area contributed by atoms with Crippen molar-refractivity contribution in [3.05, 3.63) is 46.4 Å². The number of nitro benzene ring substituents is 1. The van der Waals surface area contributed by atoms with E-state index in [1.165, 1.54) is 18.3 Å². The van der Waals surface area contributed by atoms with Crippen molar-refractivity contribution in [2.24, 2.45) is 0 Å². The normalized spacial score (nSPS) is 10.1. The minimum Gasteiger partial charge on any atom is -0.530 e. The van der Waals surface area contributed by atoms with Crippen molar-refractivity contribution in [3.63, 3.8) is 0 Å². The van der Waals surface area contributed by atoms with Gasteiger partial charge in [-0.05, 0) is 0 Å². The Morgan fingerprint density at radius 3 is 2.95 bits per heavy atom. The molecule has 8 nitrogen and oxygen atoms in total. The van der Waals surface area contributed by atoms with Crippen molar-refractivity contribution in [3.8, 4) is 11.3 Å². The third-order valence-electron chi connectivity index (χ3n) is 2.40. The smallest absolute Gasteiger partial charge is 0.270 e. The number of H-pyrrole nitrogens is 1. The number of hydrogen-bond donors (Lipinski definition) is 2. The van der Waals surface area contributed by atoms with E-state index in [0.29, 0.717) is 17.1 Å². The summed E-state index contributed by atoms with van der Waals surface area (Å²) in [5.41, 5.74) is 1.14. The lowest BCUT2D eigenvalue weighted by atomic mass is 10.1. The molecule has 2 aromatic rings. The van der Waals surface area contributed by atoms with E-state index in [-0.39, 0.29) is 12.2 Å². The maximum absolute atomic E-state index is 10.7. The van der Waals surface area contributed by atoms with Gasteiger partial charge in [-0.3, -0.25) is 10.1 Å². The predicted octanol–water partition coefficient (Wildman–Crippen LogP) is 0.418. The van der Waals surface area contributed by atoms with Crippen LogP contribution < -0.4 is 10.4 Å². The molecule has 1 aromatic heterocycles. The van der Waals surface area contributed by atoms with Crippen molar-refractivity contribution in [2.75, 3.05) is 0 Å². The first-order chi connectivity index (χ1) is 9.06. The molecule has 0 radical (unpaired) electrons. The molecule has 0 saturated heterocycles. The minimum atomic E-state index is -1.40. The number of carbonyl (C=O) groups excluding carboxylic acids is 1. The summed E-state index contributed by atoms with van der Waals surface area (Å²) < 4.78 is 0. The lowest BCUT2D eigenvalue weighted by Gasteiger charge is -2.03. The van der Waals surface area contributed by atoms with Crippen molar-refractivity contribution < 1.29 is 14.8 Å². The first-order valence-electron chi connectivity index (χ1n) is 5.30. The second-order valence-corrected chi connectivity index (χ2v) is 3.69. The van der Waals surface area contributed by atoms with Gasteiger partial charge in [0, 0.05) is 17.7 Å². The van der Waals surface area contributed by atoms with Gasteiger partial charge >= 0.3 is 0 Å². The largest absolute Gasteiger partial charge is 0.530 e. The van der Waals surface area contributed by atoms with Crippen LogP contribution in [-0.4, -0.2) is 21.0 Å². The fourth-order valence-corrected chi connectivity index (χ4v) is 1.54. The van der Waals surface area contributed by atoms with Gasteiger partial charge < -0.3 is 20.2 Å². The Balaban J connectivity index is 2.20. The molecule has 0 atom stereocenters. The van der Waals surface area contributed by atoms with Crippen LogP contribution in [-0.2, 0) is 6.54 Å². The molecule has 8 heteroatoms. The zero-order valence-corrected chi connectivity index (χ0v) is 9.62. The summed E-state index contributed by atoms with van der Waals surface area (Å²) in [5.74, 6) is 0.394. The topological polar surface area (TPSA) is 124 Å². The fraction of sp³-hybridized carbons (Fsp3) is 0.0909. The molecule has 1 heterocycles. The molecule has 0 saturated carbocycles. The molecule has 0 unspecified atom stereocenters. The van der Waals surface area contributed by atoms with Crippen LogP contribution in [0.15, 0.2) is 30.5 Å². The van der Waals surface area contributed by atoms with Gasteiger partial charge in [-0.2, -0.15) is 0 Å². The quantitative estimate of drug-likeness (QED) is 0.609. The molecular formula is C11H9N4O4-. The number of aromatic amines is 1. The molecule has 0 aliphatic carbocycles. The Labute approximate surface area is 107 Å². The number of nitro groups is 1. The van der Waals surface area contributed by atoms with E-state index in [1.54, 1.807) is 12.1 Å². The van der Waals surface area contributed by atoms with Crippen LogP contribution >= 0.6 is 0 Å². The van der Waals surface area contributed by atoms with Crippen molar-refractivity contribution >= 4 is 11.8 Å². The molecular weight excluding hydrogens is 252 g/mol. The summed E-state index contributed by atoms with van der Waals surface area (Å²) in [6.07, 6.45) is 0.0824. The SMILES string of the molecule is O=C([O-])NCc1ncc(-c2cccc([N+](=O)[O-])c2)[nH]1. The highest BCUT2D eigenvalue weighted by molar-refractivity contribution is 5.63. The zero-order valence-electron chi connectivity index (χ0n) is 9.62. The van der Waals surface area contributed by atoms with Crippen molar-refractivity contribution in [1.82, 2.24) is 15.3 Å². The summed E-state index contributed by atoms with van der Waals surface area (Å²) >= 11 is 0. The third kappa shape index (κ3) is 3.06. The molecule has 0 bridgehead atoms. The standard InChI is InChI=1S/C11H10N4O4/c16-11(17)13-6-10-12-5-9(14-10)7-2-1-3-8(4-7)15(18)19/h1-5,13H,6H2,(H,12,14)(H,16,17)/p-1. The molecule has 98 valence electrons. The van der Waals surface area contributed by atoms with E-state index < -0.39 is 11.0 Å². The van der Waals surface area contributed by atoms with Crippen molar-refractivity contribution in [1.29, 1.82) is 0 Å². The molecule has 19 heavy (non-hydrogen) atoms. The van der Waals surface area contributed by atoms with E-state index in [2.05, 4.69) is 15.3 Å². The first-order valence-corrected chi connectivity index (χ1v) is 5.30. The van der Waals surface area contributed by atoms with Gasteiger partial charge in [0.1, 0.15) is 11.9 Å². The van der Waals surface area contributed by atoms with Gasteiger partial charge in [0.2, 0.25) is 0 Å². The number of non-ortho nitro benzene ring substituents is 1. The molecule has 0 spiro atoms. The van der Waals surface area contributed by atoms with Crippen LogP contribution in [0.2, 0.25) is 0 Å². The Bertz CT molecular complexity index is 623. The first kappa shape index (κ1) is 12.6. The number of carbonyl (C=O) groups is 1. The van der Waals surface area contributed by atoms with Gasteiger partial charge in [0.25, 0.3) is 5.69 Å². The lowest BCUT2D eigenvalue weighted by Crippen LogP contribution is -2.36. The molecule has 0 aliphatic rings. The Morgan fingerprint density at radius 2 is 2.26 bits per heavy atom. The van der Waals surface area contributed by atoms with Crippen LogP contribution in [0.3, 0.4) is 0 Å². The summed E-state index contributed by atoms with van der Waals surface area (Å²) in [7, 11) is 0. The number of nitrogens with zero attached hydrogens (tertiary/aromatic N) is 2. The highest BCUT2D eigenvalue weighted by Gasteiger charge is 2.09. The number of carboxylic acid groups (broad SMARTS) is 1. The minimum absolute atomic E-state index is 0.0166. The number of nitrogens with one attached hydrogen (secondary N) is 2. The highest BCUT2D eigenvalue weighted by atomic mass is 16.6. The maximum Gasteiger partial charge on any atom is 0.270 e. The van der Waals surface area contributed by atoms with Gasteiger partial charge in [-0.1, -0.05) is 12.1 Å². The van der Waals surface area contributed by atoms with Crippen LogP contribution in [0.1, 0.15) is 5.82 Å². The monoisotopic (exact) mass is 261 g/mol. The molecule has 2 rings (SSSR count). The number of rotatable bonds is 4. The predicted molar refractivity (Wildman–Crippen MR) is 62.9 cm³/mol. The summed E-state index contributed by atoms with van der Waals surface area (Å²) in [5, 5.41) is 23.0. The van der Waals surface area contributed by atoms with Crippen LogP contribution in [0.25, 0.3) is 11.3 Å². The van der Waals surface area contributed by atoms with E-state index in [9.17, 15) is 20.0 Å². The summed E-state index contributed by atoms with van der Waals surface area (Å²) in [4.78, 5) is 27.2. The molecule has 1 aromatic carbocycles. The molecule has 1 amide bonds. The average molecular weight is 261 g/mol. The van der Waals surface area contributed by atoms with E-state index in [0.717, 1.165) is 0 Å². The fourth-order valence-electron chi connectivity index (χ4n) is 1.54.